The predicted octanol–water partition coefficient (Wildman–Crippen LogP) is -0.184. The van der Waals surface area contributed by atoms with Gasteiger partial charge >= 0.3 is 0 Å². The van der Waals surface area contributed by atoms with Crippen LogP contribution in [0.15, 0.2) is 0 Å². The van der Waals surface area contributed by atoms with Gasteiger partial charge in [-0.05, 0) is 6.26 Å². The van der Waals surface area contributed by atoms with Crippen LogP contribution >= 0.6 is 11.8 Å². The molecule has 68 valence electrons. The highest BCUT2D eigenvalue weighted by Crippen LogP contribution is 1.89. The van der Waals surface area contributed by atoms with E-state index in [0.29, 0.717) is 13.0 Å². The molecule has 0 aliphatic rings. The Morgan fingerprint density at radius 2 is 2.50 bits per heavy atom. The van der Waals surface area contributed by atoms with Crippen molar-refractivity contribution in [2.24, 2.45) is 5.73 Å². The minimum absolute atomic E-state index is 0.165. The van der Waals surface area contributed by atoms with Crippen molar-refractivity contribution in [3.05, 3.63) is 0 Å². The maximum absolute atomic E-state index is 11.1. The van der Waals surface area contributed by atoms with Crippen LogP contribution in [-0.4, -0.2) is 30.5 Å². The average molecular weight is 186 g/mol. The molecule has 0 rings (SSSR count). The molecule has 3 nitrogen and oxygen atoms in total. The van der Waals surface area contributed by atoms with Gasteiger partial charge in [-0.3, -0.25) is 4.79 Å². The van der Waals surface area contributed by atoms with Crippen LogP contribution in [0.2, 0.25) is 0 Å². The van der Waals surface area contributed by atoms with Crippen molar-refractivity contribution in [1.82, 2.24) is 5.32 Å². The molecule has 4 heteroatoms. The summed E-state index contributed by atoms with van der Waals surface area (Å²) in [7, 11) is 0. The lowest BCUT2D eigenvalue weighted by atomic mass is 10.2. The maximum Gasteiger partial charge on any atom is 0.237 e. The van der Waals surface area contributed by atoms with Crippen LogP contribution in [-0.2, 0) is 4.79 Å². The highest BCUT2D eigenvalue weighted by molar-refractivity contribution is 7.98. The predicted molar refractivity (Wildman–Crippen MR) is 52.8 cm³/mol. The molecule has 0 saturated heterocycles. The third-order valence-corrected chi connectivity index (χ3v) is 1.89. The van der Waals surface area contributed by atoms with E-state index in [1.165, 1.54) is 0 Å². The zero-order valence-corrected chi connectivity index (χ0v) is 7.99. The fourth-order valence-corrected chi connectivity index (χ4v) is 0.933. The Bertz CT molecular complexity index is 176. The zero-order chi connectivity index (χ0) is 9.40. The van der Waals surface area contributed by atoms with Crippen LogP contribution in [0.3, 0.4) is 0 Å². The number of carbonyl (C=O) groups excluding carboxylic acids is 1. The summed E-state index contributed by atoms with van der Waals surface area (Å²) in [5, 5.41) is 2.69. The van der Waals surface area contributed by atoms with E-state index in [2.05, 4.69) is 11.2 Å². The van der Waals surface area contributed by atoms with Gasteiger partial charge < -0.3 is 11.1 Å². The highest BCUT2D eigenvalue weighted by Gasteiger charge is 2.09. The minimum atomic E-state index is -0.558. The third-order valence-electron chi connectivity index (χ3n) is 1.28. The smallest absolute Gasteiger partial charge is 0.237 e. The molecule has 0 saturated carbocycles. The van der Waals surface area contributed by atoms with Crippen molar-refractivity contribution < 1.29 is 4.79 Å². The number of hydrogen-bond donors (Lipinski definition) is 2. The zero-order valence-electron chi connectivity index (χ0n) is 7.17. The monoisotopic (exact) mass is 186 g/mol. The summed E-state index contributed by atoms with van der Waals surface area (Å²) in [5.74, 6) is 3.08. The normalized spacial score (nSPS) is 11.8. The van der Waals surface area contributed by atoms with E-state index in [-0.39, 0.29) is 5.91 Å². The lowest BCUT2D eigenvalue weighted by Gasteiger charge is -2.08. The van der Waals surface area contributed by atoms with E-state index in [0.717, 1.165) is 5.75 Å². The fourth-order valence-electron chi connectivity index (χ4n) is 0.627. The second-order valence-electron chi connectivity index (χ2n) is 2.30. The molecule has 0 spiro atoms. The lowest BCUT2D eigenvalue weighted by Crippen LogP contribution is -2.41. The van der Waals surface area contributed by atoms with Crippen LogP contribution in [0.1, 0.15) is 6.42 Å². The van der Waals surface area contributed by atoms with Crippen molar-refractivity contribution in [3.63, 3.8) is 0 Å². The molecule has 0 bridgehead atoms. The van der Waals surface area contributed by atoms with Gasteiger partial charge in [0.05, 0.1) is 6.04 Å². The Morgan fingerprint density at radius 1 is 1.83 bits per heavy atom. The molecular weight excluding hydrogens is 172 g/mol. The highest BCUT2D eigenvalue weighted by atomic mass is 32.2. The number of amides is 1. The number of rotatable bonds is 5. The molecule has 1 unspecified atom stereocenters. The fraction of sp³-hybridized carbons (Fsp3) is 0.625. The number of nitrogens with one attached hydrogen (secondary N) is 1. The molecule has 0 aliphatic heterocycles. The first-order valence-corrected chi connectivity index (χ1v) is 5.07. The number of carbonyl (C=O) groups is 1. The van der Waals surface area contributed by atoms with E-state index in [1.54, 1.807) is 11.8 Å². The molecule has 1 atom stereocenters. The topological polar surface area (TPSA) is 55.1 Å². The van der Waals surface area contributed by atoms with Crippen LogP contribution in [0.4, 0.5) is 0 Å². The summed E-state index contributed by atoms with van der Waals surface area (Å²) in [6, 6.07) is -0.558. The molecule has 0 fully saturated rings. The average Bonchev–Trinajstić information content (AvgIpc) is 2.05. The third kappa shape index (κ3) is 5.05. The van der Waals surface area contributed by atoms with E-state index in [9.17, 15) is 4.79 Å². The van der Waals surface area contributed by atoms with Crippen LogP contribution in [0.5, 0.6) is 0 Å². The van der Waals surface area contributed by atoms with Gasteiger partial charge in [0, 0.05) is 18.7 Å². The Balaban J connectivity index is 3.51. The number of nitrogens with two attached hydrogens (primary N) is 1. The van der Waals surface area contributed by atoms with E-state index < -0.39 is 6.04 Å². The molecule has 12 heavy (non-hydrogen) atoms. The summed E-state index contributed by atoms with van der Waals surface area (Å²) < 4.78 is 0. The van der Waals surface area contributed by atoms with Gasteiger partial charge in [-0.15, -0.1) is 12.3 Å². The van der Waals surface area contributed by atoms with E-state index >= 15 is 0 Å². The Hall–Kier alpha value is -0.660. The van der Waals surface area contributed by atoms with Gasteiger partial charge in [0.25, 0.3) is 0 Å². The summed E-state index contributed by atoms with van der Waals surface area (Å²) in [6.07, 6.45) is 7.28. The Labute approximate surface area is 77.5 Å². The molecule has 1 amide bonds. The first kappa shape index (κ1) is 11.3. The Kier molecular flexibility index (Phi) is 6.63. The molecule has 0 aromatic carbocycles. The van der Waals surface area contributed by atoms with Crippen LogP contribution < -0.4 is 11.1 Å². The molecule has 0 aromatic heterocycles. The largest absolute Gasteiger partial charge is 0.354 e. The van der Waals surface area contributed by atoms with Gasteiger partial charge in [0.2, 0.25) is 5.91 Å². The molecule has 3 N–H and O–H groups in total. The van der Waals surface area contributed by atoms with Gasteiger partial charge in [-0.25, -0.2) is 0 Å². The van der Waals surface area contributed by atoms with Crippen LogP contribution in [0, 0.1) is 12.3 Å². The minimum Gasteiger partial charge on any atom is -0.354 e. The van der Waals surface area contributed by atoms with Gasteiger partial charge in [0.15, 0.2) is 0 Å². The SMILES string of the molecule is C#CCC(N)C(=O)NCCSC. The molecule has 0 aromatic rings. The van der Waals surface area contributed by atoms with Crippen molar-refractivity contribution in [2.45, 2.75) is 12.5 Å². The summed E-state index contributed by atoms with van der Waals surface area (Å²) >= 11 is 1.67. The summed E-state index contributed by atoms with van der Waals surface area (Å²) in [4.78, 5) is 11.1. The van der Waals surface area contributed by atoms with E-state index in [1.807, 2.05) is 6.26 Å². The number of terminal acetylenes is 1. The van der Waals surface area contributed by atoms with Crippen molar-refractivity contribution in [2.75, 3.05) is 18.6 Å². The number of thioether (sulfide) groups is 1. The van der Waals surface area contributed by atoms with Gasteiger partial charge in [-0.1, -0.05) is 0 Å². The van der Waals surface area contributed by atoms with Gasteiger partial charge in [0.1, 0.15) is 0 Å². The molecule has 0 heterocycles. The molecule has 0 aliphatic carbocycles. The Morgan fingerprint density at radius 3 is 3.00 bits per heavy atom. The van der Waals surface area contributed by atoms with Gasteiger partial charge in [-0.2, -0.15) is 11.8 Å². The lowest BCUT2D eigenvalue weighted by molar-refractivity contribution is -0.122. The second kappa shape index (κ2) is 7.01. The summed E-state index contributed by atoms with van der Waals surface area (Å²) in [6.45, 7) is 0.651. The standard InChI is InChI=1S/C8H14N2OS/c1-3-4-7(9)8(11)10-5-6-12-2/h1,7H,4-6,9H2,2H3,(H,10,11). The molecular formula is C8H14N2OS. The molecule has 0 radical (unpaired) electrons. The first-order valence-electron chi connectivity index (χ1n) is 3.68. The maximum atomic E-state index is 11.1. The number of hydrogen-bond acceptors (Lipinski definition) is 3. The van der Waals surface area contributed by atoms with Crippen molar-refractivity contribution in [3.8, 4) is 12.3 Å². The first-order chi connectivity index (χ1) is 5.72. The van der Waals surface area contributed by atoms with Crippen molar-refractivity contribution in [1.29, 1.82) is 0 Å². The van der Waals surface area contributed by atoms with Crippen molar-refractivity contribution >= 4 is 17.7 Å². The second-order valence-corrected chi connectivity index (χ2v) is 3.28. The quantitative estimate of drug-likeness (QED) is 0.462. The summed E-state index contributed by atoms with van der Waals surface area (Å²) in [5.41, 5.74) is 5.45. The van der Waals surface area contributed by atoms with Crippen LogP contribution in [0.25, 0.3) is 0 Å². The van der Waals surface area contributed by atoms with E-state index in [4.69, 9.17) is 12.2 Å².